The number of hydrogen-bond donors (Lipinski definition) is 1. The standard InChI is InChI=1S/C12H15Br2NO4S2/c1-2-3-12(11(16)17)4-5-15(7-12)21(18,19)8-6-9(13)20-10(8)14/h6H,2-5,7H2,1H3,(H,16,17). The van der Waals surface area contributed by atoms with Gasteiger partial charge in [0.2, 0.25) is 10.0 Å². The normalized spacial score (nSPS) is 23.6. The van der Waals surface area contributed by atoms with Crippen molar-refractivity contribution in [2.75, 3.05) is 13.1 Å². The molecule has 1 N–H and O–H groups in total. The lowest BCUT2D eigenvalue weighted by Gasteiger charge is -2.24. The van der Waals surface area contributed by atoms with Gasteiger partial charge in [-0.3, -0.25) is 4.79 Å². The van der Waals surface area contributed by atoms with Crippen molar-refractivity contribution in [3.05, 3.63) is 13.6 Å². The summed E-state index contributed by atoms with van der Waals surface area (Å²) in [4.78, 5) is 11.7. The van der Waals surface area contributed by atoms with Gasteiger partial charge in [-0.15, -0.1) is 11.3 Å². The lowest BCUT2D eigenvalue weighted by Crippen LogP contribution is -2.36. The molecule has 0 amide bonds. The number of carbonyl (C=O) groups is 1. The Bertz CT molecular complexity index is 658. The van der Waals surface area contributed by atoms with Gasteiger partial charge in [-0.25, -0.2) is 8.42 Å². The van der Waals surface area contributed by atoms with Crippen LogP contribution in [0.15, 0.2) is 18.5 Å². The molecule has 1 atom stereocenters. The smallest absolute Gasteiger partial charge is 0.311 e. The SMILES string of the molecule is CCCC1(C(=O)O)CCN(S(=O)(=O)c2cc(Br)sc2Br)C1. The molecule has 0 radical (unpaired) electrons. The van der Waals surface area contributed by atoms with Crippen LogP contribution in [-0.4, -0.2) is 36.9 Å². The molecule has 1 aliphatic rings. The zero-order valence-corrected chi connectivity index (χ0v) is 16.1. The van der Waals surface area contributed by atoms with Gasteiger partial charge < -0.3 is 5.11 Å². The van der Waals surface area contributed by atoms with Crippen molar-refractivity contribution in [1.29, 1.82) is 0 Å². The van der Waals surface area contributed by atoms with Crippen molar-refractivity contribution >= 4 is 59.2 Å². The van der Waals surface area contributed by atoms with Crippen LogP contribution in [0.1, 0.15) is 26.2 Å². The first-order valence-corrected chi connectivity index (χ1v) is 10.3. The Morgan fingerprint density at radius 1 is 1.52 bits per heavy atom. The van der Waals surface area contributed by atoms with Crippen LogP contribution < -0.4 is 0 Å². The highest BCUT2D eigenvalue weighted by Crippen LogP contribution is 2.41. The van der Waals surface area contributed by atoms with E-state index in [2.05, 4.69) is 31.9 Å². The van der Waals surface area contributed by atoms with Crippen molar-refractivity contribution in [2.24, 2.45) is 5.41 Å². The van der Waals surface area contributed by atoms with Gasteiger partial charge in [0, 0.05) is 13.1 Å². The monoisotopic (exact) mass is 459 g/mol. The molecule has 118 valence electrons. The summed E-state index contributed by atoms with van der Waals surface area (Å²) in [5, 5.41) is 9.47. The molecule has 9 heteroatoms. The molecule has 5 nitrogen and oxygen atoms in total. The average molecular weight is 461 g/mol. The molecule has 0 saturated carbocycles. The second-order valence-electron chi connectivity index (χ2n) is 5.11. The van der Waals surface area contributed by atoms with Crippen LogP contribution in [0.5, 0.6) is 0 Å². The Kier molecular flexibility index (Phi) is 5.19. The summed E-state index contributed by atoms with van der Waals surface area (Å²) < 4.78 is 27.9. The maximum Gasteiger partial charge on any atom is 0.311 e. The molecule has 21 heavy (non-hydrogen) atoms. The van der Waals surface area contributed by atoms with Crippen LogP contribution >= 0.6 is 43.2 Å². The van der Waals surface area contributed by atoms with Crippen molar-refractivity contribution in [3.63, 3.8) is 0 Å². The first-order chi connectivity index (χ1) is 9.73. The number of nitrogens with zero attached hydrogens (tertiary/aromatic N) is 1. The van der Waals surface area contributed by atoms with Gasteiger partial charge in [-0.2, -0.15) is 4.31 Å². The summed E-state index contributed by atoms with van der Waals surface area (Å²) in [6.07, 6.45) is 1.56. The molecule has 0 spiro atoms. The Hall–Kier alpha value is 0.0400. The molecule has 1 aliphatic heterocycles. The maximum absolute atomic E-state index is 12.7. The molecule has 0 aliphatic carbocycles. The Morgan fingerprint density at radius 2 is 2.19 bits per heavy atom. The zero-order valence-electron chi connectivity index (χ0n) is 11.3. The zero-order chi connectivity index (χ0) is 15.8. The van der Waals surface area contributed by atoms with E-state index in [0.29, 0.717) is 26.8 Å². The summed E-state index contributed by atoms with van der Waals surface area (Å²) >= 11 is 7.80. The number of sulfonamides is 1. The first kappa shape index (κ1) is 17.4. The van der Waals surface area contributed by atoms with Crippen LogP contribution in [0.2, 0.25) is 0 Å². The second kappa shape index (κ2) is 6.27. The van der Waals surface area contributed by atoms with Gasteiger partial charge in [-0.1, -0.05) is 13.3 Å². The van der Waals surface area contributed by atoms with E-state index in [1.807, 2.05) is 6.92 Å². The predicted molar refractivity (Wildman–Crippen MR) is 88.1 cm³/mol. The van der Waals surface area contributed by atoms with Gasteiger partial charge in [0.15, 0.2) is 0 Å². The van der Waals surface area contributed by atoms with E-state index in [-0.39, 0.29) is 18.0 Å². The third-order valence-corrected chi connectivity index (χ3v) is 8.34. The molecule has 2 rings (SSSR count). The Balaban J connectivity index is 2.32. The quantitative estimate of drug-likeness (QED) is 0.729. The van der Waals surface area contributed by atoms with Gasteiger partial charge in [0.1, 0.15) is 4.90 Å². The van der Waals surface area contributed by atoms with E-state index in [9.17, 15) is 18.3 Å². The molecule has 0 aromatic carbocycles. The Morgan fingerprint density at radius 3 is 2.67 bits per heavy atom. The molecule has 1 aromatic rings. The van der Waals surface area contributed by atoms with E-state index in [0.717, 1.165) is 0 Å². The summed E-state index contributed by atoms with van der Waals surface area (Å²) in [6, 6.07) is 1.55. The fraction of sp³-hybridized carbons (Fsp3) is 0.583. The molecule has 1 fully saturated rings. The molecule has 0 bridgehead atoms. The molecule has 2 heterocycles. The Labute approximate surface area is 144 Å². The topological polar surface area (TPSA) is 74.7 Å². The van der Waals surface area contributed by atoms with Gasteiger partial charge in [0.25, 0.3) is 0 Å². The van der Waals surface area contributed by atoms with E-state index in [1.165, 1.54) is 15.6 Å². The number of carboxylic acid groups (broad SMARTS) is 1. The van der Waals surface area contributed by atoms with Gasteiger partial charge in [0.05, 0.1) is 13.0 Å². The third-order valence-electron chi connectivity index (χ3n) is 3.74. The average Bonchev–Trinajstić information content (AvgIpc) is 2.95. The fourth-order valence-corrected chi connectivity index (χ4v) is 7.93. The van der Waals surface area contributed by atoms with E-state index < -0.39 is 21.4 Å². The summed E-state index contributed by atoms with van der Waals surface area (Å²) in [5.41, 5.74) is -0.957. The first-order valence-electron chi connectivity index (χ1n) is 6.41. The van der Waals surface area contributed by atoms with Gasteiger partial charge in [-0.05, 0) is 50.8 Å². The van der Waals surface area contributed by atoms with E-state index in [1.54, 1.807) is 6.07 Å². The van der Waals surface area contributed by atoms with Crippen molar-refractivity contribution in [1.82, 2.24) is 4.31 Å². The number of rotatable bonds is 5. The number of carboxylic acids is 1. The van der Waals surface area contributed by atoms with Crippen LogP contribution in [0.3, 0.4) is 0 Å². The molecule has 1 saturated heterocycles. The van der Waals surface area contributed by atoms with Crippen LogP contribution in [-0.2, 0) is 14.8 Å². The minimum absolute atomic E-state index is 0.0401. The van der Waals surface area contributed by atoms with Crippen LogP contribution in [0.4, 0.5) is 0 Å². The minimum Gasteiger partial charge on any atom is -0.481 e. The van der Waals surface area contributed by atoms with Gasteiger partial charge >= 0.3 is 5.97 Å². The fourth-order valence-electron chi connectivity index (χ4n) is 2.64. The number of aliphatic carboxylic acids is 1. The molecular weight excluding hydrogens is 446 g/mol. The maximum atomic E-state index is 12.7. The highest BCUT2D eigenvalue weighted by Gasteiger charge is 2.48. The molecular formula is C12H15Br2NO4S2. The molecule has 1 aromatic heterocycles. The van der Waals surface area contributed by atoms with Crippen LogP contribution in [0, 0.1) is 5.41 Å². The molecule has 1 unspecified atom stereocenters. The highest BCUT2D eigenvalue weighted by molar-refractivity contribution is 9.12. The highest BCUT2D eigenvalue weighted by atomic mass is 79.9. The minimum atomic E-state index is -3.67. The predicted octanol–water partition coefficient (Wildman–Crippen LogP) is 3.54. The van der Waals surface area contributed by atoms with Crippen molar-refractivity contribution in [3.8, 4) is 0 Å². The second-order valence-corrected chi connectivity index (χ2v) is 10.8. The number of hydrogen-bond acceptors (Lipinski definition) is 4. The largest absolute Gasteiger partial charge is 0.481 e. The van der Waals surface area contributed by atoms with Crippen molar-refractivity contribution < 1.29 is 18.3 Å². The summed E-state index contributed by atoms with van der Waals surface area (Å²) in [5.74, 6) is -0.910. The lowest BCUT2D eigenvalue weighted by atomic mass is 9.83. The summed E-state index contributed by atoms with van der Waals surface area (Å²) in [6.45, 7) is 2.20. The van der Waals surface area contributed by atoms with Crippen molar-refractivity contribution in [2.45, 2.75) is 31.1 Å². The third kappa shape index (κ3) is 3.21. The van der Waals surface area contributed by atoms with Crippen LogP contribution in [0.25, 0.3) is 0 Å². The number of thiophene rings is 1. The lowest BCUT2D eigenvalue weighted by molar-refractivity contribution is -0.148. The van der Waals surface area contributed by atoms with E-state index >= 15 is 0 Å². The van der Waals surface area contributed by atoms with E-state index in [4.69, 9.17) is 0 Å². The number of halogens is 2. The summed E-state index contributed by atoms with van der Waals surface area (Å²) in [7, 11) is -3.67.